The number of aromatic nitrogens is 4. The van der Waals surface area contributed by atoms with E-state index < -0.39 is 0 Å². The Morgan fingerprint density at radius 3 is 3.12 bits per heavy atom. The van der Waals surface area contributed by atoms with Gasteiger partial charge in [-0.2, -0.15) is 5.10 Å². The Bertz CT molecular complexity index is 689. The average Bonchev–Trinajstić information content (AvgIpc) is 3.31. The van der Waals surface area contributed by atoms with Crippen LogP contribution in [0.15, 0.2) is 24.8 Å². The van der Waals surface area contributed by atoms with E-state index in [0.717, 1.165) is 38.4 Å². The summed E-state index contributed by atoms with van der Waals surface area (Å²) in [5, 5.41) is 9.99. The van der Waals surface area contributed by atoms with Crippen LogP contribution in [0.3, 0.4) is 0 Å². The maximum atomic E-state index is 12.0. The number of carbonyl (C=O) groups is 1. The van der Waals surface area contributed by atoms with Crippen LogP contribution in [0.2, 0.25) is 0 Å². The number of nitrogens with one attached hydrogen (secondary N) is 2. The fourth-order valence-electron chi connectivity index (χ4n) is 2.96. The molecule has 1 saturated heterocycles. The molecule has 8 heteroatoms. The molecule has 0 bridgehead atoms. The normalized spacial score (nSPS) is 18.2. The van der Waals surface area contributed by atoms with Crippen LogP contribution in [0.1, 0.15) is 25.6 Å². The van der Waals surface area contributed by atoms with Gasteiger partial charge >= 0.3 is 6.03 Å². The molecule has 0 saturated carbocycles. The van der Waals surface area contributed by atoms with E-state index in [9.17, 15) is 4.79 Å². The van der Waals surface area contributed by atoms with E-state index in [1.54, 1.807) is 12.4 Å². The zero-order valence-electron chi connectivity index (χ0n) is 14.8. The van der Waals surface area contributed by atoms with Crippen LogP contribution in [0.5, 0.6) is 0 Å². The standard InChI is InChI=1S/C17H26N6O2/c1-13(10-22-6-5-18-14(22)2)8-19-17(24)21-15-9-20-23(11-15)12-16-4-3-7-25-16/h5-6,9,11,13,16H,3-4,7-8,10,12H2,1-2H3,(H2,19,21,24). The molecule has 2 atom stereocenters. The van der Waals surface area contributed by atoms with Gasteiger partial charge in [-0.05, 0) is 25.7 Å². The largest absolute Gasteiger partial charge is 0.376 e. The SMILES string of the molecule is Cc1nccn1CC(C)CNC(=O)Nc1cnn(CC2CCCO2)c1. The summed E-state index contributed by atoms with van der Waals surface area (Å²) in [7, 11) is 0. The predicted octanol–water partition coefficient (Wildman–Crippen LogP) is 2.02. The van der Waals surface area contributed by atoms with Crippen molar-refractivity contribution in [2.24, 2.45) is 5.92 Å². The van der Waals surface area contributed by atoms with Gasteiger partial charge in [-0.3, -0.25) is 4.68 Å². The van der Waals surface area contributed by atoms with Crippen molar-refractivity contribution in [3.8, 4) is 0 Å². The van der Waals surface area contributed by atoms with Gasteiger partial charge in [0.25, 0.3) is 0 Å². The highest BCUT2D eigenvalue weighted by Gasteiger charge is 2.16. The van der Waals surface area contributed by atoms with Gasteiger partial charge in [0.2, 0.25) is 0 Å². The van der Waals surface area contributed by atoms with Crippen LogP contribution in [-0.4, -0.2) is 44.6 Å². The molecule has 2 amide bonds. The van der Waals surface area contributed by atoms with Crippen LogP contribution in [0.4, 0.5) is 10.5 Å². The average molecular weight is 346 g/mol. The Kier molecular flexibility index (Phi) is 5.70. The Labute approximate surface area is 147 Å². The minimum absolute atomic E-state index is 0.217. The van der Waals surface area contributed by atoms with Crippen molar-refractivity contribution >= 4 is 11.7 Å². The zero-order valence-corrected chi connectivity index (χ0v) is 14.8. The molecule has 2 aromatic heterocycles. The molecule has 0 aromatic carbocycles. The number of anilines is 1. The summed E-state index contributed by atoms with van der Waals surface area (Å²) in [6.07, 6.45) is 9.64. The summed E-state index contributed by atoms with van der Waals surface area (Å²) in [4.78, 5) is 16.2. The van der Waals surface area contributed by atoms with E-state index in [1.165, 1.54) is 0 Å². The molecule has 1 aliphatic rings. The van der Waals surface area contributed by atoms with E-state index in [2.05, 4.69) is 32.2 Å². The number of hydrogen-bond acceptors (Lipinski definition) is 4. The molecule has 3 rings (SSSR count). The highest BCUT2D eigenvalue weighted by molar-refractivity contribution is 5.88. The second kappa shape index (κ2) is 8.15. The van der Waals surface area contributed by atoms with Gasteiger partial charge in [0.05, 0.1) is 24.5 Å². The number of ether oxygens (including phenoxy) is 1. The van der Waals surface area contributed by atoms with Crippen molar-refractivity contribution in [2.75, 3.05) is 18.5 Å². The van der Waals surface area contributed by atoms with E-state index in [-0.39, 0.29) is 12.1 Å². The van der Waals surface area contributed by atoms with Crippen molar-refractivity contribution in [1.82, 2.24) is 24.6 Å². The van der Waals surface area contributed by atoms with E-state index in [4.69, 9.17) is 4.74 Å². The Hall–Kier alpha value is -2.35. The fourth-order valence-corrected chi connectivity index (χ4v) is 2.96. The molecule has 1 fully saturated rings. The van der Waals surface area contributed by atoms with Gasteiger partial charge in [0.1, 0.15) is 5.82 Å². The molecule has 2 unspecified atom stereocenters. The van der Waals surface area contributed by atoms with Gasteiger partial charge in [-0.25, -0.2) is 9.78 Å². The van der Waals surface area contributed by atoms with Crippen LogP contribution in [-0.2, 0) is 17.8 Å². The van der Waals surface area contributed by atoms with Gasteiger partial charge in [-0.1, -0.05) is 6.92 Å². The van der Waals surface area contributed by atoms with Gasteiger partial charge < -0.3 is 19.9 Å². The first-order valence-electron chi connectivity index (χ1n) is 8.77. The van der Waals surface area contributed by atoms with Crippen LogP contribution in [0.25, 0.3) is 0 Å². The first-order chi connectivity index (χ1) is 12.1. The second-order valence-corrected chi connectivity index (χ2v) is 6.65. The summed E-state index contributed by atoms with van der Waals surface area (Å²) in [5.74, 6) is 1.29. The monoisotopic (exact) mass is 346 g/mol. The summed E-state index contributed by atoms with van der Waals surface area (Å²) in [5.41, 5.74) is 0.689. The van der Waals surface area contributed by atoms with Gasteiger partial charge in [0.15, 0.2) is 0 Å². The fraction of sp³-hybridized carbons (Fsp3) is 0.588. The molecular formula is C17H26N6O2. The number of aryl methyl sites for hydroxylation is 1. The lowest BCUT2D eigenvalue weighted by Gasteiger charge is -2.14. The van der Waals surface area contributed by atoms with Gasteiger partial charge in [0, 0.05) is 38.3 Å². The molecule has 0 aliphatic carbocycles. The number of rotatable bonds is 7. The molecule has 0 radical (unpaired) electrons. The third-order valence-electron chi connectivity index (χ3n) is 4.35. The number of hydrogen-bond donors (Lipinski definition) is 2. The highest BCUT2D eigenvalue weighted by Crippen LogP contribution is 2.14. The van der Waals surface area contributed by atoms with E-state index in [1.807, 2.05) is 24.0 Å². The van der Waals surface area contributed by atoms with E-state index >= 15 is 0 Å². The Morgan fingerprint density at radius 2 is 2.40 bits per heavy atom. The maximum absolute atomic E-state index is 12.0. The number of urea groups is 1. The smallest absolute Gasteiger partial charge is 0.319 e. The molecule has 2 aromatic rings. The van der Waals surface area contributed by atoms with Crippen LogP contribution in [0, 0.1) is 12.8 Å². The number of amides is 2. The molecule has 2 N–H and O–H groups in total. The minimum Gasteiger partial charge on any atom is -0.376 e. The minimum atomic E-state index is -0.217. The first kappa shape index (κ1) is 17.5. The van der Waals surface area contributed by atoms with Crippen molar-refractivity contribution in [3.05, 3.63) is 30.6 Å². The topological polar surface area (TPSA) is 86.0 Å². The highest BCUT2D eigenvalue weighted by atomic mass is 16.5. The molecule has 136 valence electrons. The quantitative estimate of drug-likeness (QED) is 0.803. The zero-order chi connectivity index (χ0) is 17.6. The maximum Gasteiger partial charge on any atom is 0.319 e. The first-order valence-corrected chi connectivity index (χ1v) is 8.77. The van der Waals surface area contributed by atoms with Crippen molar-refractivity contribution in [1.29, 1.82) is 0 Å². The molecule has 1 aliphatic heterocycles. The predicted molar refractivity (Wildman–Crippen MR) is 94.4 cm³/mol. The Balaban J connectivity index is 1.40. The summed E-state index contributed by atoms with van der Waals surface area (Å²) < 4.78 is 9.49. The second-order valence-electron chi connectivity index (χ2n) is 6.65. The number of imidazole rings is 1. The molecular weight excluding hydrogens is 320 g/mol. The summed E-state index contributed by atoms with van der Waals surface area (Å²) in [6.45, 7) is 7.04. The lowest BCUT2D eigenvalue weighted by Crippen LogP contribution is -2.33. The lowest BCUT2D eigenvalue weighted by molar-refractivity contribution is 0.0940. The summed E-state index contributed by atoms with van der Waals surface area (Å²) in [6, 6.07) is -0.217. The molecule has 3 heterocycles. The third kappa shape index (κ3) is 5.06. The van der Waals surface area contributed by atoms with Crippen LogP contribution < -0.4 is 10.6 Å². The van der Waals surface area contributed by atoms with Gasteiger partial charge in [-0.15, -0.1) is 0 Å². The number of carbonyl (C=O) groups excluding carboxylic acids is 1. The molecule has 0 spiro atoms. The summed E-state index contributed by atoms with van der Waals surface area (Å²) >= 11 is 0. The van der Waals surface area contributed by atoms with Crippen molar-refractivity contribution < 1.29 is 9.53 Å². The lowest BCUT2D eigenvalue weighted by atomic mass is 10.2. The molecule has 25 heavy (non-hydrogen) atoms. The Morgan fingerprint density at radius 1 is 1.52 bits per heavy atom. The molecule has 8 nitrogen and oxygen atoms in total. The van der Waals surface area contributed by atoms with E-state index in [0.29, 0.717) is 18.2 Å². The van der Waals surface area contributed by atoms with Crippen molar-refractivity contribution in [2.45, 2.75) is 45.9 Å². The number of nitrogens with zero attached hydrogens (tertiary/aromatic N) is 4. The van der Waals surface area contributed by atoms with Crippen LogP contribution >= 0.6 is 0 Å². The van der Waals surface area contributed by atoms with Crippen molar-refractivity contribution in [3.63, 3.8) is 0 Å². The third-order valence-corrected chi connectivity index (χ3v) is 4.35.